The Kier molecular flexibility index (Phi) is 4.46. The van der Waals surface area contributed by atoms with Crippen molar-refractivity contribution < 1.29 is 5.11 Å². The number of benzene rings is 1. The van der Waals surface area contributed by atoms with Gasteiger partial charge in [-0.05, 0) is 23.6 Å². The normalized spacial score (nSPS) is 11.9. The summed E-state index contributed by atoms with van der Waals surface area (Å²) in [6.45, 7) is 4.28. The first-order valence-corrected chi connectivity index (χ1v) is 5.41. The van der Waals surface area contributed by atoms with Gasteiger partial charge in [0.15, 0.2) is 0 Å². The molecule has 1 aromatic heterocycles. The van der Waals surface area contributed by atoms with Crippen molar-refractivity contribution in [3.05, 3.63) is 53.1 Å². The largest absolute Gasteiger partial charge is 0.392 e. The Bertz CT molecular complexity index is 463. The monoisotopic (exact) mass is 232 g/mol. The zero-order valence-electron chi connectivity index (χ0n) is 9.57. The Hall–Kier alpha value is -1.61. The van der Waals surface area contributed by atoms with Gasteiger partial charge >= 0.3 is 0 Å². The third kappa shape index (κ3) is 2.56. The lowest BCUT2D eigenvalue weighted by Gasteiger charge is -2.15. The van der Waals surface area contributed by atoms with Crippen LogP contribution in [0.2, 0.25) is 0 Å². The van der Waals surface area contributed by atoms with Crippen LogP contribution in [0.5, 0.6) is 0 Å². The highest BCUT2D eigenvalue weighted by molar-refractivity contribution is 5.38. The Morgan fingerprint density at radius 2 is 2.18 bits per heavy atom. The molecule has 2 aromatic rings. The molecule has 1 atom stereocenters. The number of hydrogen-bond acceptors (Lipinski definition) is 2. The van der Waals surface area contributed by atoms with E-state index < -0.39 is 0 Å². The van der Waals surface area contributed by atoms with Crippen LogP contribution < -0.4 is 0 Å². The lowest BCUT2D eigenvalue weighted by molar-refractivity contribution is 0.281. The minimum atomic E-state index is 0. The fourth-order valence-electron chi connectivity index (χ4n) is 2.01. The van der Waals surface area contributed by atoms with Gasteiger partial charge in [0.05, 0.1) is 12.9 Å². The van der Waals surface area contributed by atoms with Gasteiger partial charge in [0.2, 0.25) is 0 Å². The molecule has 1 aromatic carbocycles. The minimum Gasteiger partial charge on any atom is -0.392 e. The van der Waals surface area contributed by atoms with Crippen molar-refractivity contribution in [3.63, 3.8) is 0 Å². The lowest BCUT2D eigenvalue weighted by Crippen LogP contribution is -2.02. The summed E-state index contributed by atoms with van der Waals surface area (Å²) in [5.41, 5.74) is 4.48. The maximum Gasteiger partial charge on any atom is 0.0921 e. The van der Waals surface area contributed by atoms with Crippen LogP contribution in [0.1, 0.15) is 42.7 Å². The average Bonchev–Trinajstić information content (AvgIpc) is 2.82. The van der Waals surface area contributed by atoms with Crippen LogP contribution in [0, 0.1) is 6.92 Å². The van der Waals surface area contributed by atoms with Crippen LogP contribution in [0.3, 0.4) is 0 Å². The molecule has 0 spiro atoms. The first-order valence-electron chi connectivity index (χ1n) is 5.41. The molecule has 0 saturated heterocycles. The predicted octanol–water partition coefficient (Wildman–Crippen LogP) is 3.00. The van der Waals surface area contributed by atoms with Crippen LogP contribution in [-0.4, -0.2) is 15.1 Å². The van der Waals surface area contributed by atoms with Crippen molar-refractivity contribution in [2.75, 3.05) is 0 Å². The van der Waals surface area contributed by atoms with Crippen molar-refractivity contribution >= 4 is 0 Å². The molecular weight excluding hydrogens is 212 g/mol. The maximum atomic E-state index is 9.24. The van der Waals surface area contributed by atoms with Gasteiger partial charge in [0.1, 0.15) is 0 Å². The van der Waals surface area contributed by atoms with Crippen LogP contribution in [-0.2, 0) is 6.61 Å². The molecule has 0 aliphatic carbocycles. The molecule has 0 saturated carbocycles. The SMILES string of the molecule is C.Cc1c(CO)cccc1[C@H](C)c1cnc[nH]1. The number of nitrogens with one attached hydrogen (secondary N) is 1. The molecule has 0 bridgehead atoms. The van der Waals surface area contributed by atoms with E-state index in [-0.39, 0.29) is 20.0 Å². The number of hydrogen-bond donors (Lipinski definition) is 2. The topological polar surface area (TPSA) is 48.9 Å². The molecule has 3 heteroatoms. The molecule has 92 valence electrons. The molecule has 2 N–H and O–H groups in total. The second kappa shape index (κ2) is 5.64. The van der Waals surface area contributed by atoms with E-state index in [1.807, 2.05) is 25.3 Å². The van der Waals surface area contributed by atoms with E-state index in [9.17, 15) is 5.11 Å². The van der Waals surface area contributed by atoms with Crippen LogP contribution >= 0.6 is 0 Å². The van der Waals surface area contributed by atoms with Gasteiger partial charge in [-0.3, -0.25) is 0 Å². The Balaban J connectivity index is 0.00000144. The van der Waals surface area contributed by atoms with Gasteiger partial charge < -0.3 is 10.1 Å². The average molecular weight is 232 g/mol. The standard InChI is InChI=1S/C13H16N2O.CH4/c1-9-11(7-16)4-3-5-12(9)10(2)13-6-14-8-15-13;/h3-6,8,10,16H,7H2,1-2H3,(H,14,15);1H4/t10-;/m0./s1. The summed E-state index contributed by atoms with van der Waals surface area (Å²) in [6.07, 6.45) is 3.53. The first kappa shape index (κ1) is 13.5. The third-order valence-corrected chi connectivity index (χ3v) is 3.11. The first-order chi connectivity index (χ1) is 7.74. The molecule has 3 nitrogen and oxygen atoms in total. The highest BCUT2D eigenvalue weighted by atomic mass is 16.3. The minimum absolute atomic E-state index is 0. The number of H-pyrrole nitrogens is 1. The number of aromatic amines is 1. The van der Waals surface area contributed by atoms with Crippen molar-refractivity contribution in [3.8, 4) is 0 Å². The Labute approximate surface area is 103 Å². The van der Waals surface area contributed by atoms with Gasteiger partial charge in [-0.25, -0.2) is 4.98 Å². The summed E-state index contributed by atoms with van der Waals surface area (Å²) in [5, 5.41) is 9.24. The lowest BCUT2D eigenvalue weighted by atomic mass is 9.91. The van der Waals surface area contributed by atoms with Gasteiger partial charge in [0.25, 0.3) is 0 Å². The molecule has 0 unspecified atom stereocenters. The number of aromatic nitrogens is 2. The molecule has 0 fully saturated rings. The molecular formula is C14H20N2O. The van der Waals surface area contributed by atoms with E-state index in [1.165, 1.54) is 5.56 Å². The number of rotatable bonds is 3. The zero-order valence-corrected chi connectivity index (χ0v) is 9.57. The highest BCUT2D eigenvalue weighted by Crippen LogP contribution is 2.26. The molecule has 2 rings (SSSR count). The van der Waals surface area contributed by atoms with E-state index in [0.717, 1.165) is 16.8 Å². The van der Waals surface area contributed by atoms with E-state index in [1.54, 1.807) is 6.33 Å². The van der Waals surface area contributed by atoms with E-state index in [2.05, 4.69) is 23.0 Å². The van der Waals surface area contributed by atoms with Gasteiger partial charge in [0, 0.05) is 17.8 Å². The summed E-state index contributed by atoms with van der Waals surface area (Å²) in [5.74, 6) is 0.272. The van der Waals surface area contributed by atoms with Crippen molar-refractivity contribution in [2.45, 2.75) is 33.8 Å². The van der Waals surface area contributed by atoms with Crippen LogP contribution in [0.4, 0.5) is 0 Å². The molecule has 0 aliphatic rings. The molecule has 0 amide bonds. The van der Waals surface area contributed by atoms with Gasteiger partial charge in [-0.15, -0.1) is 0 Å². The smallest absolute Gasteiger partial charge is 0.0921 e. The van der Waals surface area contributed by atoms with E-state index in [4.69, 9.17) is 0 Å². The van der Waals surface area contributed by atoms with Crippen molar-refractivity contribution in [1.29, 1.82) is 0 Å². The summed E-state index contributed by atoms with van der Waals surface area (Å²) < 4.78 is 0. The van der Waals surface area contributed by atoms with Gasteiger partial charge in [-0.1, -0.05) is 32.5 Å². The second-order valence-electron chi connectivity index (χ2n) is 4.02. The molecule has 0 aliphatic heterocycles. The van der Waals surface area contributed by atoms with Crippen molar-refractivity contribution in [1.82, 2.24) is 9.97 Å². The molecule has 1 heterocycles. The summed E-state index contributed by atoms with van der Waals surface area (Å²) in [6, 6.07) is 6.04. The summed E-state index contributed by atoms with van der Waals surface area (Å²) in [7, 11) is 0. The second-order valence-corrected chi connectivity index (χ2v) is 4.02. The third-order valence-electron chi connectivity index (χ3n) is 3.11. The Morgan fingerprint density at radius 3 is 2.76 bits per heavy atom. The maximum absolute atomic E-state index is 9.24. The van der Waals surface area contributed by atoms with Crippen molar-refractivity contribution in [2.24, 2.45) is 0 Å². The van der Waals surface area contributed by atoms with Crippen LogP contribution in [0.15, 0.2) is 30.7 Å². The number of nitrogens with zero attached hydrogens (tertiary/aromatic N) is 1. The molecule has 0 radical (unpaired) electrons. The number of aliphatic hydroxyl groups excluding tert-OH is 1. The quantitative estimate of drug-likeness (QED) is 0.854. The van der Waals surface area contributed by atoms with E-state index in [0.29, 0.717) is 0 Å². The van der Waals surface area contributed by atoms with E-state index >= 15 is 0 Å². The van der Waals surface area contributed by atoms with Crippen LogP contribution in [0.25, 0.3) is 0 Å². The Morgan fingerprint density at radius 1 is 1.41 bits per heavy atom. The number of aliphatic hydroxyl groups is 1. The number of imidazole rings is 1. The zero-order chi connectivity index (χ0) is 11.5. The summed E-state index contributed by atoms with van der Waals surface area (Å²) >= 11 is 0. The van der Waals surface area contributed by atoms with Gasteiger partial charge in [-0.2, -0.15) is 0 Å². The predicted molar refractivity (Wildman–Crippen MR) is 69.9 cm³/mol. The highest BCUT2D eigenvalue weighted by Gasteiger charge is 2.13. The molecule has 17 heavy (non-hydrogen) atoms. The fourth-order valence-corrected chi connectivity index (χ4v) is 2.01. The fraction of sp³-hybridized carbons (Fsp3) is 0.357. The summed E-state index contributed by atoms with van der Waals surface area (Å²) in [4.78, 5) is 7.16.